The summed E-state index contributed by atoms with van der Waals surface area (Å²) < 4.78 is 2.44. The van der Waals surface area contributed by atoms with E-state index in [4.69, 9.17) is 0 Å². The monoisotopic (exact) mass is 330 g/mol. The van der Waals surface area contributed by atoms with Crippen molar-refractivity contribution in [2.24, 2.45) is 0 Å². The van der Waals surface area contributed by atoms with Crippen molar-refractivity contribution >= 4 is 38.7 Å². The lowest BCUT2D eigenvalue weighted by Crippen LogP contribution is -2.30. The molecular formula is C14H11BrN4O. The molecule has 0 aliphatic heterocycles. The molecule has 0 N–H and O–H groups in total. The summed E-state index contributed by atoms with van der Waals surface area (Å²) in [5.74, 6) is 0. The van der Waals surface area contributed by atoms with Crippen LogP contribution in [0.1, 0.15) is 0 Å². The first-order valence-corrected chi connectivity index (χ1v) is 6.77. The summed E-state index contributed by atoms with van der Waals surface area (Å²) in [6.45, 7) is 0. The van der Waals surface area contributed by atoms with Crippen LogP contribution in [0.4, 0.5) is 10.5 Å². The van der Waals surface area contributed by atoms with Crippen LogP contribution in [0.3, 0.4) is 0 Å². The highest BCUT2D eigenvalue weighted by atomic mass is 79.9. The lowest BCUT2D eigenvalue weighted by molar-refractivity contribution is 0.249. The van der Waals surface area contributed by atoms with E-state index >= 15 is 0 Å². The summed E-state index contributed by atoms with van der Waals surface area (Å²) in [5, 5.41) is 0.837. The van der Waals surface area contributed by atoms with E-state index in [0.717, 1.165) is 15.5 Å². The van der Waals surface area contributed by atoms with E-state index in [0.29, 0.717) is 5.65 Å². The number of hydrogen-bond acceptors (Lipinski definition) is 3. The van der Waals surface area contributed by atoms with Gasteiger partial charge in [0.15, 0.2) is 5.65 Å². The van der Waals surface area contributed by atoms with Gasteiger partial charge in [0.05, 0.1) is 0 Å². The molecule has 100 valence electrons. The second-order valence-corrected chi connectivity index (χ2v) is 5.22. The maximum absolute atomic E-state index is 12.5. The van der Waals surface area contributed by atoms with Crippen LogP contribution in [0.2, 0.25) is 0 Å². The molecule has 0 unspecified atom stereocenters. The maximum atomic E-state index is 12.5. The minimum absolute atomic E-state index is 0.170. The third kappa shape index (κ3) is 2.18. The quantitative estimate of drug-likeness (QED) is 0.687. The summed E-state index contributed by atoms with van der Waals surface area (Å²) in [7, 11) is 1.73. The highest BCUT2D eigenvalue weighted by Crippen LogP contribution is 2.20. The third-order valence-electron chi connectivity index (χ3n) is 3.04. The maximum Gasteiger partial charge on any atom is 0.334 e. The Hall–Kier alpha value is -2.21. The fourth-order valence-corrected chi connectivity index (χ4v) is 2.38. The molecule has 5 nitrogen and oxygen atoms in total. The average molecular weight is 331 g/mol. The number of carbonyl (C=O) groups is 1. The predicted molar refractivity (Wildman–Crippen MR) is 80.9 cm³/mol. The molecule has 0 fully saturated rings. The molecule has 3 rings (SSSR count). The summed E-state index contributed by atoms with van der Waals surface area (Å²) in [4.78, 5) is 22.2. The van der Waals surface area contributed by atoms with Gasteiger partial charge in [0, 0.05) is 35.0 Å². The van der Waals surface area contributed by atoms with Crippen molar-refractivity contribution in [1.82, 2.24) is 14.5 Å². The molecule has 0 bridgehead atoms. The van der Waals surface area contributed by atoms with Gasteiger partial charge in [0.25, 0.3) is 0 Å². The molecule has 2 heterocycles. The zero-order chi connectivity index (χ0) is 14.1. The van der Waals surface area contributed by atoms with E-state index in [1.54, 1.807) is 24.3 Å². The average Bonchev–Trinajstić information content (AvgIpc) is 2.89. The summed E-state index contributed by atoms with van der Waals surface area (Å²) in [5.41, 5.74) is 1.41. The molecule has 0 saturated heterocycles. The number of rotatable bonds is 1. The molecule has 0 radical (unpaired) electrons. The number of benzene rings is 1. The van der Waals surface area contributed by atoms with Crippen LogP contribution in [-0.4, -0.2) is 27.6 Å². The predicted octanol–water partition coefficient (Wildman–Crippen LogP) is 3.30. The normalized spacial score (nSPS) is 10.7. The van der Waals surface area contributed by atoms with Crippen molar-refractivity contribution in [3.8, 4) is 0 Å². The largest absolute Gasteiger partial charge is 0.334 e. The van der Waals surface area contributed by atoms with Gasteiger partial charge in [-0.25, -0.2) is 14.8 Å². The molecule has 0 aliphatic carbocycles. The number of anilines is 1. The standard InChI is InChI=1S/C14H11BrN4O/c1-18(12-4-2-3-11(15)7-12)14(20)19-6-5-10-8-16-9-17-13(10)19/h2-9H,1H3. The van der Waals surface area contributed by atoms with Crippen LogP contribution in [0.15, 0.2) is 53.5 Å². The molecule has 0 atom stereocenters. The number of carbonyl (C=O) groups excluding carboxylic acids is 1. The van der Waals surface area contributed by atoms with E-state index in [1.165, 1.54) is 10.9 Å². The number of fused-ring (bicyclic) bond motifs is 1. The summed E-state index contributed by atoms with van der Waals surface area (Å²) in [6, 6.07) is 9.22. The van der Waals surface area contributed by atoms with Crippen LogP contribution >= 0.6 is 15.9 Å². The van der Waals surface area contributed by atoms with Crippen LogP contribution in [0.25, 0.3) is 11.0 Å². The molecule has 20 heavy (non-hydrogen) atoms. The molecule has 0 saturated carbocycles. The first-order valence-electron chi connectivity index (χ1n) is 5.97. The van der Waals surface area contributed by atoms with Gasteiger partial charge in [0.1, 0.15) is 6.33 Å². The first-order chi connectivity index (χ1) is 9.66. The van der Waals surface area contributed by atoms with Gasteiger partial charge in [-0.3, -0.25) is 9.47 Å². The van der Waals surface area contributed by atoms with Gasteiger partial charge in [-0.05, 0) is 24.3 Å². The van der Waals surface area contributed by atoms with Gasteiger partial charge in [-0.2, -0.15) is 0 Å². The van der Waals surface area contributed by atoms with Crippen molar-refractivity contribution in [3.63, 3.8) is 0 Å². The Morgan fingerprint density at radius 2 is 2.20 bits per heavy atom. The zero-order valence-corrected chi connectivity index (χ0v) is 12.3. The molecule has 0 aliphatic rings. The Balaban J connectivity index is 2.00. The Labute approximate surface area is 124 Å². The molecule has 1 aromatic carbocycles. The number of aromatic nitrogens is 3. The minimum Gasteiger partial charge on any atom is -0.297 e. The Kier molecular flexibility index (Phi) is 3.23. The van der Waals surface area contributed by atoms with Crippen LogP contribution in [0, 0.1) is 0 Å². The summed E-state index contributed by atoms with van der Waals surface area (Å²) in [6.07, 6.45) is 4.83. The summed E-state index contributed by atoms with van der Waals surface area (Å²) >= 11 is 3.40. The molecule has 0 spiro atoms. The van der Waals surface area contributed by atoms with Crippen molar-refractivity contribution in [1.29, 1.82) is 0 Å². The van der Waals surface area contributed by atoms with Gasteiger partial charge >= 0.3 is 6.03 Å². The van der Waals surface area contributed by atoms with Gasteiger partial charge in [0.2, 0.25) is 0 Å². The van der Waals surface area contributed by atoms with Crippen molar-refractivity contribution in [3.05, 3.63) is 53.5 Å². The smallest absolute Gasteiger partial charge is 0.297 e. The molecular weight excluding hydrogens is 320 g/mol. The zero-order valence-electron chi connectivity index (χ0n) is 10.7. The molecule has 1 amide bonds. The SMILES string of the molecule is CN(C(=O)n1ccc2cncnc21)c1cccc(Br)c1. The van der Waals surface area contributed by atoms with E-state index in [-0.39, 0.29) is 6.03 Å². The molecule has 6 heteroatoms. The highest BCUT2D eigenvalue weighted by molar-refractivity contribution is 9.10. The van der Waals surface area contributed by atoms with Crippen LogP contribution in [0.5, 0.6) is 0 Å². The van der Waals surface area contributed by atoms with Gasteiger partial charge in [-0.1, -0.05) is 22.0 Å². The van der Waals surface area contributed by atoms with Crippen molar-refractivity contribution < 1.29 is 4.79 Å². The van der Waals surface area contributed by atoms with E-state index in [9.17, 15) is 4.79 Å². The third-order valence-corrected chi connectivity index (χ3v) is 3.53. The number of halogens is 1. The Morgan fingerprint density at radius 3 is 3.00 bits per heavy atom. The minimum atomic E-state index is -0.170. The number of hydrogen-bond donors (Lipinski definition) is 0. The first kappa shape index (κ1) is 12.8. The lowest BCUT2D eigenvalue weighted by atomic mass is 10.3. The van der Waals surface area contributed by atoms with Crippen molar-refractivity contribution in [2.75, 3.05) is 11.9 Å². The molecule has 3 aromatic rings. The van der Waals surface area contributed by atoms with Crippen molar-refractivity contribution in [2.45, 2.75) is 0 Å². The fraction of sp³-hybridized carbons (Fsp3) is 0.0714. The molecule has 2 aromatic heterocycles. The van der Waals surface area contributed by atoms with Crippen LogP contribution in [-0.2, 0) is 0 Å². The van der Waals surface area contributed by atoms with E-state index < -0.39 is 0 Å². The fourth-order valence-electron chi connectivity index (χ4n) is 1.99. The number of nitrogens with zero attached hydrogens (tertiary/aromatic N) is 4. The second kappa shape index (κ2) is 5.05. The number of amides is 1. The van der Waals surface area contributed by atoms with E-state index in [2.05, 4.69) is 25.9 Å². The highest BCUT2D eigenvalue weighted by Gasteiger charge is 2.16. The topological polar surface area (TPSA) is 51.0 Å². The van der Waals surface area contributed by atoms with Crippen LogP contribution < -0.4 is 4.90 Å². The van der Waals surface area contributed by atoms with E-state index in [1.807, 2.05) is 30.3 Å². The Bertz CT molecular complexity index is 783. The van der Waals surface area contributed by atoms with Gasteiger partial charge < -0.3 is 0 Å². The Morgan fingerprint density at radius 1 is 1.35 bits per heavy atom. The lowest BCUT2D eigenvalue weighted by Gasteiger charge is -2.18. The van der Waals surface area contributed by atoms with Gasteiger partial charge in [-0.15, -0.1) is 0 Å². The second-order valence-electron chi connectivity index (χ2n) is 4.31.